The van der Waals surface area contributed by atoms with Gasteiger partial charge in [0.1, 0.15) is 17.0 Å². The molecule has 4 rings (SSSR count). The van der Waals surface area contributed by atoms with Crippen LogP contribution in [0.5, 0.6) is 0 Å². The molecule has 3 heterocycles. The highest BCUT2D eigenvalue weighted by atomic mass is 19.1. The molecule has 3 aromatic heterocycles. The molecule has 4 aromatic rings. The number of aliphatic hydroxyl groups excluding tert-OH is 2. The normalized spacial score (nSPS) is 11.5. The molecule has 0 aliphatic carbocycles. The van der Waals surface area contributed by atoms with E-state index in [1.165, 1.54) is 12.1 Å². The molecule has 0 saturated heterocycles. The number of fused-ring (bicyclic) bond motifs is 3. The van der Waals surface area contributed by atoms with E-state index in [-0.39, 0.29) is 18.9 Å². The predicted octanol–water partition coefficient (Wildman–Crippen LogP) is 2.26. The van der Waals surface area contributed by atoms with Gasteiger partial charge in [0.15, 0.2) is 11.5 Å². The summed E-state index contributed by atoms with van der Waals surface area (Å²) in [5, 5.41) is 25.7. The van der Waals surface area contributed by atoms with Crippen LogP contribution in [-0.4, -0.2) is 62.2 Å². The lowest BCUT2D eigenvalue weighted by Crippen LogP contribution is -2.37. The second-order valence-corrected chi connectivity index (χ2v) is 7.51. The van der Waals surface area contributed by atoms with Crippen LogP contribution in [-0.2, 0) is 13.6 Å². The molecule has 0 aliphatic heterocycles. The molecule has 0 atom stereocenters. The predicted molar refractivity (Wildman–Crippen MR) is 121 cm³/mol. The van der Waals surface area contributed by atoms with Crippen LogP contribution in [0.25, 0.3) is 38.2 Å². The number of nitrogens with zero attached hydrogens (tertiary/aromatic N) is 5. The maximum Gasteiger partial charge on any atom is 0.190 e. The third-order valence-corrected chi connectivity index (χ3v) is 5.46. The maximum atomic E-state index is 14.3. The second kappa shape index (κ2) is 8.92. The molecule has 32 heavy (non-hydrogen) atoms. The highest BCUT2D eigenvalue weighted by molar-refractivity contribution is 6.07. The van der Waals surface area contributed by atoms with Crippen LogP contribution >= 0.6 is 0 Å². The number of nitrogens with one attached hydrogen (secondary N) is 2. The minimum Gasteiger partial charge on any atom is -0.395 e. The lowest BCUT2D eigenvalue weighted by Gasteiger charge is -2.16. The molecule has 4 N–H and O–H groups in total. The van der Waals surface area contributed by atoms with E-state index < -0.39 is 11.9 Å². The Bertz CT molecular complexity index is 1320. The molecular formula is C22H24FN7O2. The van der Waals surface area contributed by atoms with Gasteiger partial charge in [-0.1, -0.05) is 0 Å². The van der Waals surface area contributed by atoms with Crippen molar-refractivity contribution in [3.8, 4) is 11.3 Å². The fourth-order valence-electron chi connectivity index (χ4n) is 3.91. The number of aliphatic hydroxyl groups is 2. The van der Waals surface area contributed by atoms with Gasteiger partial charge >= 0.3 is 0 Å². The average molecular weight is 437 g/mol. The molecule has 0 aliphatic rings. The van der Waals surface area contributed by atoms with Crippen LogP contribution in [0, 0.1) is 12.4 Å². The quantitative estimate of drug-likeness (QED) is 0.315. The highest BCUT2D eigenvalue weighted by Crippen LogP contribution is 2.35. The Morgan fingerprint density at radius 2 is 2.00 bits per heavy atom. The summed E-state index contributed by atoms with van der Waals surface area (Å²) in [6.45, 7) is 7.80. The lowest BCUT2D eigenvalue weighted by molar-refractivity contribution is 0.170. The molecule has 0 spiro atoms. The fourth-order valence-corrected chi connectivity index (χ4v) is 3.91. The minimum atomic E-state index is -0.487. The zero-order valence-electron chi connectivity index (χ0n) is 17.8. The Labute approximate surface area is 184 Å². The van der Waals surface area contributed by atoms with Gasteiger partial charge in [0, 0.05) is 38.3 Å². The van der Waals surface area contributed by atoms with E-state index in [1.807, 2.05) is 22.2 Å². The number of anilines is 1. The van der Waals surface area contributed by atoms with Gasteiger partial charge in [-0.15, -0.1) is 0 Å². The third-order valence-electron chi connectivity index (χ3n) is 5.46. The zero-order valence-corrected chi connectivity index (χ0v) is 17.8. The molecule has 0 radical (unpaired) electrons. The van der Waals surface area contributed by atoms with E-state index in [2.05, 4.69) is 20.5 Å². The number of pyridine rings is 1. The van der Waals surface area contributed by atoms with Crippen LogP contribution in [0.2, 0.25) is 0 Å². The molecule has 9 nitrogen and oxygen atoms in total. The van der Waals surface area contributed by atoms with Crippen molar-refractivity contribution in [2.45, 2.75) is 12.6 Å². The number of aryl methyl sites for hydroxylation is 1. The number of aromatic nitrogens is 4. The summed E-state index contributed by atoms with van der Waals surface area (Å²) in [7, 11) is 3.68. The van der Waals surface area contributed by atoms with Gasteiger partial charge in [0.2, 0.25) is 0 Å². The summed E-state index contributed by atoms with van der Waals surface area (Å²) in [5.74, 6) is 0.134. The van der Waals surface area contributed by atoms with Gasteiger partial charge in [-0.05, 0) is 29.8 Å². The van der Waals surface area contributed by atoms with Gasteiger partial charge < -0.3 is 30.0 Å². The van der Waals surface area contributed by atoms with Crippen LogP contribution in [0.15, 0.2) is 30.6 Å². The van der Waals surface area contributed by atoms with Gasteiger partial charge in [-0.2, -0.15) is 0 Å². The number of halogens is 1. The van der Waals surface area contributed by atoms with E-state index in [4.69, 9.17) is 11.6 Å². The first-order valence-corrected chi connectivity index (χ1v) is 10.2. The van der Waals surface area contributed by atoms with Crippen LogP contribution in [0.3, 0.4) is 0 Å². The lowest BCUT2D eigenvalue weighted by atomic mass is 10.1. The van der Waals surface area contributed by atoms with Crippen molar-refractivity contribution in [1.82, 2.24) is 24.4 Å². The summed E-state index contributed by atoms with van der Waals surface area (Å²) >= 11 is 0. The van der Waals surface area contributed by atoms with E-state index >= 15 is 0 Å². The van der Waals surface area contributed by atoms with Gasteiger partial charge in [0.25, 0.3) is 0 Å². The molecule has 0 bridgehead atoms. The minimum absolute atomic E-state index is 0.189. The Hall–Kier alpha value is -3.52. The molecule has 166 valence electrons. The fraction of sp³-hybridized carbons (Fsp3) is 0.318. The monoisotopic (exact) mass is 437 g/mol. The largest absolute Gasteiger partial charge is 0.395 e. The van der Waals surface area contributed by atoms with Crippen molar-refractivity contribution in [2.24, 2.45) is 7.05 Å². The molecule has 0 saturated carbocycles. The van der Waals surface area contributed by atoms with Crippen LogP contribution in [0.1, 0.15) is 0 Å². The summed E-state index contributed by atoms with van der Waals surface area (Å²) in [6.07, 6.45) is 1.72. The smallest absolute Gasteiger partial charge is 0.190 e. The van der Waals surface area contributed by atoms with Crippen LogP contribution < -0.4 is 10.6 Å². The van der Waals surface area contributed by atoms with Crippen LogP contribution in [0.4, 0.5) is 15.9 Å². The molecule has 0 unspecified atom stereocenters. The number of hydrogen-bond donors (Lipinski definition) is 4. The van der Waals surface area contributed by atoms with Gasteiger partial charge in [0.05, 0.1) is 37.7 Å². The molecule has 1 aromatic carbocycles. The highest BCUT2D eigenvalue weighted by Gasteiger charge is 2.20. The van der Waals surface area contributed by atoms with Gasteiger partial charge in [-0.25, -0.2) is 19.2 Å². The number of benzene rings is 1. The average Bonchev–Trinajstić information content (AvgIpc) is 3.36. The number of imidazole rings is 1. The number of hydrogen-bond acceptors (Lipinski definition) is 6. The molecule has 0 amide bonds. The summed E-state index contributed by atoms with van der Waals surface area (Å²) in [6, 6.07) is 5.75. The maximum absolute atomic E-state index is 14.3. The first kappa shape index (κ1) is 21.7. The topological polar surface area (TPSA) is 105 Å². The number of rotatable bonds is 8. The van der Waals surface area contributed by atoms with E-state index in [0.717, 1.165) is 16.4 Å². The molecule has 10 heteroatoms. The van der Waals surface area contributed by atoms with Crippen molar-refractivity contribution in [2.75, 3.05) is 32.1 Å². The van der Waals surface area contributed by atoms with Gasteiger partial charge in [-0.3, -0.25) is 0 Å². The van der Waals surface area contributed by atoms with Crippen molar-refractivity contribution >= 4 is 33.6 Å². The first-order chi connectivity index (χ1) is 15.5. The summed E-state index contributed by atoms with van der Waals surface area (Å²) in [5.41, 5.74) is 3.78. The Kier molecular flexibility index (Phi) is 6.05. The van der Waals surface area contributed by atoms with Crippen molar-refractivity contribution in [1.29, 1.82) is 0 Å². The zero-order chi connectivity index (χ0) is 22.8. The summed E-state index contributed by atoms with van der Waals surface area (Å²) < 4.78 is 18.1. The Morgan fingerprint density at radius 3 is 2.69 bits per heavy atom. The van der Waals surface area contributed by atoms with Crippen molar-refractivity contribution < 1.29 is 14.6 Å². The molecular weight excluding hydrogens is 413 g/mol. The van der Waals surface area contributed by atoms with E-state index in [1.54, 1.807) is 19.4 Å². The SMILES string of the molecule is [C-]#[N+]c1cc(F)cc(-c2cc3c4c(ncn4C)c(NC)nc3n2CCNC(CO)CO)c1. The van der Waals surface area contributed by atoms with Crippen molar-refractivity contribution in [3.63, 3.8) is 0 Å². The Balaban J connectivity index is 1.93. The molecule has 0 fully saturated rings. The van der Waals surface area contributed by atoms with E-state index in [0.29, 0.717) is 35.8 Å². The summed E-state index contributed by atoms with van der Waals surface area (Å²) in [4.78, 5) is 12.6. The standard InChI is InChI=1S/C22H24FN7O2/c1-24-15-7-13(6-14(23)8-15)18-9-17-20-19(27-12-29(20)3)21(25-2)28-22(17)30(18)5-4-26-16(10-31)11-32/h6-9,12,16,26,31-32H,4-5,10-11H2,2-3H3,(H,25,28). The van der Waals surface area contributed by atoms with E-state index in [9.17, 15) is 14.6 Å². The van der Waals surface area contributed by atoms with Crippen molar-refractivity contribution in [3.05, 3.63) is 47.8 Å². The second-order valence-electron chi connectivity index (χ2n) is 7.51. The third kappa shape index (κ3) is 3.78. The Morgan fingerprint density at radius 1 is 1.22 bits per heavy atom. The first-order valence-electron chi connectivity index (χ1n) is 10.2.